The number of hydrogen-bond donors (Lipinski definition) is 0. The Balaban J connectivity index is 1.49. The van der Waals surface area contributed by atoms with Crippen LogP contribution in [0.15, 0.2) is 0 Å². The average Bonchev–Trinajstić information content (AvgIpc) is 2.43. The maximum Gasteiger partial charge on any atom is 0.0628 e. The number of rotatable bonds is 9. The minimum Gasteiger partial charge on any atom is -0.383 e. The summed E-state index contributed by atoms with van der Waals surface area (Å²) in [5.41, 5.74) is 0. The van der Waals surface area contributed by atoms with Crippen molar-refractivity contribution in [1.29, 1.82) is 0 Å². The van der Waals surface area contributed by atoms with E-state index in [1.54, 1.807) is 7.11 Å². The molecule has 2 fully saturated rings. The van der Waals surface area contributed by atoms with Crippen LogP contribution >= 0.6 is 0 Å². The first kappa shape index (κ1) is 17.2. The molecule has 0 spiro atoms. The fraction of sp³-hybridized carbons (Fsp3) is 1.00. The van der Waals surface area contributed by atoms with Crippen molar-refractivity contribution in [1.82, 2.24) is 4.90 Å². The summed E-state index contributed by atoms with van der Waals surface area (Å²) in [6.07, 6.45) is 7.06. The summed E-state index contributed by atoms with van der Waals surface area (Å²) in [5, 5.41) is 0. The van der Waals surface area contributed by atoms with Gasteiger partial charge >= 0.3 is 0 Å². The van der Waals surface area contributed by atoms with Crippen molar-refractivity contribution in [2.75, 3.05) is 40.0 Å². The van der Waals surface area contributed by atoms with E-state index in [4.69, 9.17) is 14.2 Å². The highest BCUT2D eigenvalue weighted by atomic mass is 16.5. The van der Waals surface area contributed by atoms with E-state index in [0.29, 0.717) is 18.3 Å². The molecule has 21 heavy (non-hydrogen) atoms. The van der Waals surface area contributed by atoms with Gasteiger partial charge in [0, 0.05) is 33.4 Å². The monoisotopic (exact) mass is 299 g/mol. The molecule has 0 aromatic carbocycles. The fourth-order valence-electron chi connectivity index (χ4n) is 3.00. The number of ether oxygens (including phenoxy) is 3. The summed E-state index contributed by atoms with van der Waals surface area (Å²) < 4.78 is 17.2. The Bertz CT molecular complexity index is 271. The van der Waals surface area contributed by atoms with Crippen LogP contribution in [0.2, 0.25) is 0 Å². The number of nitrogens with zero attached hydrogens (tertiary/aromatic N) is 1. The van der Waals surface area contributed by atoms with Gasteiger partial charge in [0.05, 0.1) is 24.9 Å². The van der Waals surface area contributed by atoms with E-state index in [9.17, 15) is 0 Å². The van der Waals surface area contributed by atoms with Gasteiger partial charge in [-0.1, -0.05) is 13.8 Å². The van der Waals surface area contributed by atoms with Crippen molar-refractivity contribution in [3.8, 4) is 0 Å². The predicted molar refractivity (Wildman–Crippen MR) is 84.6 cm³/mol. The molecule has 1 saturated carbocycles. The molecule has 0 amide bonds. The highest BCUT2D eigenvalue weighted by Gasteiger charge is 2.33. The third-order valence-corrected chi connectivity index (χ3v) is 4.63. The van der Waals surface area contributed by atoms with Gasteiger partial charge in [-0.15, -0.1) is 0 Å². The van der Waals surface area contributed by atoms with Crippen LogP contribution in [0.4, 0.5) is 0 Å². The minimum absolute atomic E-state index is 0.449. The fourth-order valence-corrected chi connectivity index (χ4v) is 3.00. The Morgan fingerprint density at radius 1 is 1.00 bits per heavy atom. The number of piperidine rings is 1. The van der Waals surface area contributed by atoms with Crippen LogP contribution in [-0.4, -0.2) is 63.2 Å². The normalized spacial score (nSPS) is 28.0. The second kappa shape index (κ2) is 9.09. The van der Waals surface area contributed by atoms with Gasteiger partial charge in [-0.25, -0.2) is 0 Å². The molecule has 4 nitrogen and oxygen atoms in total. The zero-order valence-electron chi connectivity index (χ0n) is 14.1. The largest absolute Gasteiger partial charge is 0.383 e. The van der Waals surface area contributed by atoms with Crippen LogP contribution < -0.4 is 0 Å². The van der Waals surface area contributed by atoms with E-state index < -0.39 is 0 Å². The number of methoxy groups -OCH3 is 1. The third kappa shape index (κ3) is 6.23. The van der Waals surface area contributed by atoms with E-state index in [2.05, 4.69) is 18.7 Å². The summed E-state index contributed by atoms with van der Waals surface area (Å²) in [5.74, 6) is 0.736. The van der Waals surface area contributed by atoms with Crippen molar-refractivity contribution in [3.05, 3.63) is 0 Å². The molecule has 1 aliphatic carbocycles. The van der Waals surface area contributed by atoms with Crippen LogP contribution in [-0.2, 0) is 14.2 Å². The van der Waals surface area contributed by atoms with Crippen molar-refractivity contribution in [3.63, 3.8) is 0 Å². The van der Waals surface area contributed by atoms with E-state index in [-0.39, 0.29) is 0 Å². The number of hydrogen-bond acceptors (Lipinski definition) is 4. The van der Waals surface area contributed by atoms with Gasteiger partial charge in [0.25, 0.3) is 0 Å². The Morgan fingerprint density at radius 2 is 1.71 bits per heavy atom. The molecule has 1 aliphatic heterocycles. The lowest BCUT2D eigenvalue weighted by Crippen LogP contribution is -2.44. The minimum atomic E-state index is 0.449. The maximum atomic E-state index is 6.20. The molecule has 4 heteroatoms. The summed E-state index contributed by atoms with van der Waals surface area (Å²) in [6, 6.07) is 0. The lowest BCUT2D eigenvalue weighted by molar-refractivity contribution is -0.136. The molecule has 1 heterocycles. The molecule has 2 rings (SSSR count). The first-order chi connectivity index (χ1) is 10.2. The lowest BCUT2D eigenvalue weighted by atomic mass is 9.91. The summed E-state index contributed by atoms with van der Waals surface area (Å²) in [7, 11) is 1.77. The molecule has 1 saturated heterocycles. The van der Waals surface area contributed by atoms with Crippen molar-refractivity contribution >= 4 is 0 Å². The van der Waals surface area contributed by atoms with Crippen LogP contribution in [0, 0.1) is 5.92 Å². The standard InChI is InChI=1S/C17H33NO3/c1-14(2)6-10-20-16-12-17(13-16)21-15-4-7-18(8-5-15)9-11-19-3/h14-17H,4-13H2,1-3H3/t16-,17-. The summed E-state index contributed by atoms with van der Waals surface area (Å²) in [6.45, 7) is 9.59. The quantitative estimate of drug-likeness (QED) is 0.655. The van der Waals surface area contributed by atoms with Gasteiger partial charge in [-0.3, -0.25) is 0 Å². The van der Waals surface area contributed by atoms with Crippen LogP contribution in [0.1, 0.15) is 46.0 Å². The van der Waals surface area contributed by atoms with Gasteiger partial charge < -0.3 is 19.1 Å². The average molecular weight is 299 g/mol. The van der Waals surface area contributed by atoms with Crippen LogP contribution in [0.5, 0.6) is 0 Å². The van der Waals surface area contributed by atoms with E-state index in [1.807, 2.05) is 0 Å². The molecule has 0 N–H and O–H groups in total. The van der Waals surface area contributed by atoms with Gasteiger partial charge in [-0.2, -0.15) is 0 Å². The molecular formula is C17H33NO3. The molecule has 0 aromatic heterocycles. The highest BCUT2D eigenvalue weighted by molar-refractivity contribution is 4.83. The van der Waals surface area contributed by atoms with Gasteiger partial charge in [0.1, 0.15) is 0 Å². The molecule has 0 aromatic rings. The van der Waals surface area contributed by atoms with Crippen molar-refractivity contribution < 1.29 is 14.2 Å². The Morgan fingerprint density at radius 3 is 2.33 bits per heavy atom. The molecule has 0 radical (unpaired) electrons. The zero-order chi connectivity index (χ0) is 15.1. The predicted octanol–water partition coefficient (Wildman–Crippen LogP) is 2.71. The SMILES string of the molecule is COCCN1CCC(O[C@H]2C[C@H](OCCC(C)C)C2)CC1. The number of likely N-dealkylation sites (tertiary alicyclic amines) is 1. The first-order valence-corrected chi connectivity index (χ1v) is 8.65. The van der Waals surface area contributed by atoms with Crippen molar-refractivity contribution in [2.45, 2.75) is 64.3 Å². The molecule has 124 valence electrons. The van der Waals surface area contributed by atoms with Crippen LogP contribution in [0.25, 0.3) is 0 Å². The second-order valence-electron chi connectivity index (χ2n) is 6.94. The molecular weight excluding hydrogens is 266 g/mol. The van der Waals surface area contributed by atoms with Crippen LogP contribution in [0.3, 0.4) is 0 Å². The Hall–Kier alpha value is -0.160. The molecule has 0 bridgehead atoms. The van der Waals surface area contributed by atoms with E-state index >= 15 is 0 Å². The molecule has 2 aliphatic rings. The van der Waals surface area contributed by atoms with Gasteiger partial charge in [-0.05, 0) is 38.0 Å². The van der Waals surface area contributed by atoms with Gasteiger partial charge in [0.15, 0.2) is 0 Å². The Kier molecular flexibility index (Phi) is 7.44. The smallest absolute Gasteiger partial charge is 0.0628 e. The first-order valence-electron chi connectivity index (χ1n) is 8.65. The Labute approximate surface area is 130 Å². The molecule has 0 unspecified atom stereocenters. The topological polar surface area (TPSA) is 30.9 Å². The second-order valence-corrected chi connectivity index (χ2v) is 6.94. The van der Waals surface area contributed by atoms with Crippen molar-refractivity contribution in [2.24, 2.45) is 5.92 Å². The van der Waals surface area contributed by atoms with Gasteiger partial charge in [0.2, 0.25) is 0 Å². The third-order valence-electron chi connectivity index (χ3n) is 4.63. The van der Waals surface area contributed by atoms with E-state index in [0.717, 1.165) is 51.6 Å². The van der Waals surface area contributed by atoms with E-state index in [1.165, 1.54) is 19.3 Å². The highest BCUT2D eigenvalue weighted by Crippen LogP contribution is 2.29. The lowest BCUT2D eigenvalue weighted by Gasteiger charge is -2.40. The maximum absolute atomic E-state index is 6.20. The summed E-state index contributed by atoms with van der Waals surface area (Å²) in [4.78, 5) is 2.47. The summed E-state index contributed by atoms with van der Waals surface area (Å²) >= 11 is 0. The molecule has 0 atom stereocenters. The zero-order valence-corrected chi connectivity index (χ0v) is 14.1.